The number of para-hydroxylation sites is 1. The van der Waals surface area contributed by atoms with Gasteiger partial charge in [-0.05, 0) is 26.0 Å². The summed E-state index contributed by atoms with van der Waals surface area (Å²) >= 11 is 0. The highest BCUT2D eigenvalue weighted by Crippen LogP contribution is 2.29. The fraction of sp³-hybridized carbons (Fsp3) is 0.182. The molecule has 0 bridgehead atoms. The fourth-order valence-electron chi connectivity index (χ4n) is 1.05. The molecule has 0 atom stereocenters. The van der Waals surface area contributed by atoms with E-state index in [-0.39, 0.29) is 5.57 Å². The van der Waals surface area contributed by atoms with E-state index in [1.54, 1.807) is 6.92 Å². The van der Waals surface area contributed by atoms with Crippen molar-refractivity contribution in [2.45, 2.75) is 13.8 Å². The van der Waals surface area contributed by atoms with E-state index in [0.717, 1.165) is 6.07 Å². The second kappa shape index (κ2) is 5.20. The molecule has 0 aromatic heterocycles. The van der Waals surface area contributed by atoms with Crippen LogP contribution in [-0.2, 0) is 4.79 Å². The van der Waals surface area contributed by atoms with Crippen molar-refractivity contribution in [1.82, 2.24) is 0 Å². The van der Waals surface area contributed by atoms with Gasteiger partial charge in [0.2, 0.25) is 11.6 Å². The molecule has 1 rings (SSSR count). The number of rotatable bonds is 3. The molecule has 0 N–H and O–H groups in total. The number of nitro groups is 1. The smallest absolute Gasteiger partial charge is 0.346 e. The largest absolute Gasteiger partial charge is 0.416 e. The summed E-state index contributed by atoms with van der Waals surface area (Å²) in [7, 11) is 0. The number of esters is 1. The van der Waals surface area contributed by atoms with Crippen LogP contribution in [0.25, 0.3) is 0 Å². The van der Waals surface area contributed by atoms with E-state index in [9.17, 15) is 19.3 Å². The van der Waals surface area contributed by atoms with Crippen molar-refractivity contribution in [1.29, 1.82) is 0 Å². The predicted molar refractivity (Wildman–Crippen MR) is 58.1 cm³/mol. The summed E-state index contributed by atoms with van der Waals surface area (Å²) in [5.41, 5.74) is -0.562. The highest BCUT2D eigenvalue weighted by Gasteiger charge is 2.23. The lowest BCUT2D eigenvalue weighted by molar-refractivity contribution is -0.388. The summed E-state index contributed by atoms with van der Waals surface area (Å²) in [5.74, 6) is -2.19. The Balaban J connectivity index is 3.11. The number of carbonyl (C=O) groups excluding carboxylic acids is 1. The van der Waals surface area contributed by atoms with E-state index in [1.807, 2.05) is 0 Å². The van der Waals surface area contributed by atoms with Crippen LogP contribution in [-0.4, -0.2) is 10.9 Å². The fourth-order valence-corrected chi connectivity index (χ4v) is 1.05. The van der Waals surface area contributed by atoms with Gasteiger partial charge in [0.25, 0.3) is 0 Å². The zero-order chi connectivity index (χ0) is 13.0. The molecule has 0 fully saturated rings. The Bertz CT molecular complexity index is 496. The molecular formula is C11H10FNO4. The second-order valence-corrected chi connectivity index (χ2v) is 3.20. The highest BCUT2D eigenvalue weighted by molar-refractivity contribution is 5.89. The van der Waals surface area contributed by atoms with Crippen molar-refractivity contribution in [3.05, 3.63) is 45.8 Å². The molecular weight excluding hydrogens is 229 g/mol. The highest BCUT2D eigenvalue weighted by atomic mass is 19.1. The maximum Gasteiger partial charge on any atom is 0.346 e. The molecule has 0 spiro atoms. The molecule has 6 heteroatoms. The monoisotopic (exact) mass is 239 g/mol. The second-order valence-electron chi connectivity index (χ2n) is 3.20. The van der Waals surface area contributed by atoms with Gasteiger partial charge < -0.3 is 4.74 Å². The average molecular weight is 239 g/mol. The molecule has 17 heavy (non-hydrogen) atoms. The molecule has 1 aromatic carbocycles. The zero-order valence-corrected chi connectivity index (χ0v) is 9.27. The molecule has 0 saturated carbocycles. The summed E-state index contributed by atoms with van der Waals surface area (Å²) in [6.45, 7) is 3.12. The standard InChI is InChI=1S/C11H10FNO4/c1-3-7(2)11(14)17-9-6-4-5-8(12)10(9)13(15)16/h3-6H,1-2H3. The number of benzene rings is 1. The Morgan fingerprint density at radius 3 is 2.71 bits per heavy atom. The van der Waals surface area contributed by atoms with Gasteiger partial charge in [-0.15, -0.1) is 0 Å². The quantitative estimate of drug-likeness (QED) is 0.267. The minimum atomic E-state index is -1.04. The number of allylic oxidation sites excluding steroid dienone is 1. The molecule has 1 aromatic rings. The van der Waals surface area contributed by atoms with Crippen LogP contribution in [0.4, 0.5) is 10.1 Å². The van der Waals surface area contributed by atoms with Crippen molar-refractivity contribution in [3.8, 4) is 5.75 Å². The Labute approximate surface area is 96.7 Å². The van der Waals surface area contributed by atoms with E-state index in [0.29, 0.717) is 0 Å². The van der Waals surface area contributed by atoms with Crippen molar-refractivity contribution < 1.29 is 18.8 Å². The van der Waals surface area contributed by atoms with Gasteiger partial charge in [-0.2, -0.15) is 4.39 Å². The third kappa shape index (κ3) is 2.87. The van der Waals surface area contributed by atoms with Crippen LogP contribution in [0.15, 0.2) is 29.8 Å². The molecule has 0 aliphatic carbocycles. The van der Waals surface area contributed by atoms with Crippen LogP contribution < -0.4 is 4.74 Å². The normalized spacial score (nSPS) is 11.1. The number of carbonyl (C=O) groups is 1. The van der Waals surface area contributed by atoms with Crippen molar-refractivity contribution in [2.24, 2.45) is 0 Å². The molecule has 0 radical (unpaired) electrons. The van der Waals surface area contributed by atoms with E-state index in [2.05, 4.69) is 0 Å². The predicted octanol–water partition coefficient (Wildman–Crippen LogP) is 2.61. The molecule has 0 amide bonds. The number of ether oxygens (including phenoxy) is 1. The zero-order valence-electron chi connectivity index (χ0n) is 9.27. The van der Waals surface area contributed by atoms with E-state index < -0.39 is 28.1 Å². The first kappa shape index (κ1) is 12.8. The van der Waals surface area contributed by atoms with Gasteiger partial charge in [-0.25, -0.2) is 4.79 Å². The lowest BCUT2D eigenvalue weighted by atomic mass is 10.2. The Morgan fingerprint density at radius 2 is 2.18 bits per heavy atom. The van der Waals surface area contributed by atoms with E-state index >= 15 is 0 Å². The Kier molecular flexibility index (Phi) is 3.92. The minimum absolute atomic E-state index is 0.281. The number of halogens is 1. The minimum Gasteiger partial charge on any atom is -0.416 e. The topological polar surface area (TPSA) is 69.4 Å². The molecule has 0 aliphatic rings. The van der Waals surface area contributed by atoms with Crippen LogP contribution in [0, 0.1) is 15.9 Å². The summed E-state index contributed by atoms with van der Waals surface area (Å²) in [6.07, 6.45) is 1.49. The van der Waals surface area contributed by atoms with Crippen LogP contribution in [0.1, 0.15) is 13.8 Å². The van der Waals surface area contributed by atoms with Crippen molar-refractivity contribution in [3.63, 3.8) is 0 Å². The van der Waals surface area contributed by atoms with Crippen molar-refractivity contribution in [2.75, 3.05) is 0 Å². The lowest BCUT2D eigenvalue weighted by Gasteiger charge is -2.05. The molecule has 0 saturated heterocycles. The van der Waals surface area contributed by atoms with E-state index in [1.165, 1.54) is 25.1 Å². The molecule has 5 nitrogen and oxygen atoms in total. The summed E-state index contributed by atoms with van der Waals surface area (Å²) in [6, 6.07) is 3.33. The lowest BCUT2D eigenvalue weighted by Crippen LogP contribution is -2.10. The first-order valence-electron chi connectivity index (χ1n) is 4.75. The Hall–Kier alpha value is -2.24. The average Bonchev–Trinajstić information content (AvgIpc) is 2.27. The first-order chi connectivity index (χ1) is 7.97. The third-order valence-corrected chi connectivity index (χ3v) is 2.09. The molecule has 0 aliphatic heterocycles. The van der Waals surface area contributed by atoms with Crippen LogP contribution in [0.2, 0.25) is 0 Å². The van der Waals surface area contributed by atoms with Gasteiger partial charge in [0.1, 0.15) is 0 Å². The summed E-state index contributed by atoms with van der Waals surface area (Å²) < 4.78 is 17.9. The van der Waals surface area contributed by atoms with Crippen molar-refractivity contribution >= 4 is 11.7 Å². The van der Waals surface area contributed by atoms with Gasteiger partial charge in [-0.1, -0.05) is 12.1 Å². The van der Waals surface area contributed by atoms with Crippen LogP contribution >= 0.6 is 0 Å². The molecule has 90 valence electrons. The summed E-state index contributed by atoms with van der Waals surface area (Å²) in [5, 5.41) is 10.6. The summed E-state index contributed by atoms with van der Waals surface area (Å²) in [4.78, 5) is 21.1. The maximum absolute atomic E-state index is 13.2. The first-order valence-corrected chi connectivity index (χ1v) is 4.75. The number of nitro benzene ring substituents is 1. The SMILES string of the molecule is CC=C(C)C(=O)Oc1cccc(F)c1[N+](=O)[O-]. The van der Waals surface area contributed by atoms with Gasteiger partial charge in [0.05, 0.1) is 4.92 Å². The van der Waals surface area contributed by atoms with Crippen LogP contribution in [0.5, 0.6) is 5.75 Å². The van der Waals surface area contributed by atoms with Crippen LogP contribution in [0.3, 0.4) is 0 Å². The number of nitrogens with zero attached hydrogens (tertiary/aromatic N) is 1. The third-order valence-electron chi connectivity index (χ3n) is 2.09. The van der Waals surface area contributed by atoms with E-state index in [4.69, 9.17) is 4.74 Å². The van der Waals surface area contributed by atoms with Gasteiger partial charge >= 0.3 is 11.7 Å². The van der Waals surface area contributed by atoms with Gasteiger partial charge in [0, 0.05) is 5.57 Å². The van der Waals surface area contributed by atoms with Gasteiger partial charge in [0.15, 0.2) is 0 Å². The number of hydrogen-bond acceptors (Lipinski definition) is 4. The molecule has 0 heterocycles. The Morgan fingerprint density at radius 1 is 1.53 bits per heavy atom. The maximum atomic E-state index is 13.2. The molecule has 0 unspecified atom stereocenters. The number of hydrogen-bond donors (Lipinski definition) is 0. The van der Waals surface area contributed by atoms with Gasteiger partial charge in [-0.3, -0.25) is 10.1 Å².